The first-order valence-corrected chi connectivity index (χ1v) is 7.27. The van der Waals surface area contributed by atoms with E-state index in [2.05, 4.69) is 20.6 Å². The number of carbonyl (C=O) groups is 1. The number of halogens is 1. The lowest BCUT2D eigenvalue weighted by atomic mass is 10.2. The molecule has 1 amide bonds. The van der Waals surface area contributed by atoms with E-state index in [0.29, 0.717) is 24.7 Å². The smallest absolute Gasteiger partial charge is 0.254 e. The Bertz CT molecular complexity index is 690. The Morgan fingerprint density at radius 3 is 2.65 bits per heavy atom. The number of hydrogen-bond donors (Lipinski definition) is 2. The van der Waals surface area contributed by atoms with Crippen molar-refractivity contribution in [1.29, 1.82) is 0 Å². The molecule has 2 rings (SSSR count). The van der Waals surface area contributed by atoms with Crippen LogP contribution >= 0.6 is 0 Å². The predicted octanol–water partition coefficient (Wildman–Crippen LogP) is 1.83. The largest absolute Gasteiger partial charge is 0.368 e. The maximum absolute atomic E-state index is 13.5. The molecule has 7 heteroatoms. The van der Waals surface area contributed by atoms with Crippen LogP contribution in [0, 0.1) is 12.7 Å². The Hall–Kier alpha value is -2.70. The molecule has 2 aromatic rings. The van der Waals surface area contributed by atoms with E-state index in [1.54, 1.807) is 12.1 Å². The van der Waals surface area contributed by atoms with Crippen LogP contribution in [-0.2, 0) is 0 Å². The highest BCUT2D eigenvalue weighted by Crippen LogP contribution is 2.13. The van der Waals surface area contributed by atoms with E-state index in [0.717, 1.165) is 5.82 Å². The number of benzene rings is 1. The van der Waals surface area contributed by atoms with Crippen LogP contribution in [0.3, 0.4) is 0 Å². The van der Waals surface area contributed by atoms with E-state index in [-0.39, 0.29) is 5.56 Å². The Kier molecular flexibility index (Phi) is 5.46. The van der Waals surface area contributed by atoms with Gasteiger partial charge in [0.05, 0.1) is 5.56 Å². The summed E-state index contributed by atoms with van der Waals surface area (Å²) in [6.07, 6.45) is 0. The number of aromatic nitrogens is 2. The molecule has 0 aliphatic rings. The fourth-order valence-electron chi connectivity index (χ4n) is 1.98. The van der Waals surface area contributed by atoms with Gasteiger partial charge in [-0.1, -0.05) is 12.1 Å². The second-order valence-corrected chi connectivity index (χ2v) is 5.22. The van der Waals surface area contributed by atoms with Crippen LogP contribution in [0.2, 0.25) is 0 Å². The van der Waals surface area contributed by atoms with Crippen LogP contribution < -0.4 is 15.5 Å². The maximum atomic E-state index is 13.5. The summed E-state index contributed by atoms with van der Waals surface area (Å²) in [5.74, 6) is 1.18. The Balaban J connectivity index is 1.86. The van der Waals surface area contributed by atoms with Crippen molar-refractivity contribution >= 4 is 17.5 Å². The van der Waals surface area contributed by atoms with Crippen LogP contribution in [0.15, 0.2) is 30.3 Å². The molecule has 0 radical (unpaired) electrons. The van der Waals surface area contributed by atoms with Gasteiger partial charge < -0.3 is 15.5 Å². The second kappa shape index (κ2) is 7.53. The zero-order valence-corrected chi connectivity index (χ0v) is 13.4. The molecule has 0 aliphatic carbocycles. The van der Waals surface area contributed by atoms with Gasteiger partial charge in [-0.3, -0.25) is 4.79 Å². The molecule has 1 heterocycles. The summed E-state index contributed by atoms with van der Waals surface area (Å²) in [7, 11) is 3.81. The number of rotatable bonds is 6. The van der Waals surface area contributed by atoms with Crippen molar-refractivity contribution in [2.75, 3.05) is 37.4 Å². The maximum Gasteiger partial charge on any atom is 0.254 e. The zero-order chi connectivity index (χ0) is 16.8. The minimum Gasteiger partial charge on any atom is -0.368 e. The predicted molar refractivity (Wildman–Crippen MR) is 88.3 cm³/mol. The molecular formula is C16H20FN5O. The first-order valence-electron chi connectivity index (χ1n) is 7.27. The normalized spacial score (nSPS) is 10.3. The average Bonchev–Trinajstić information content (AvgIpc) is 2.51. The third-order valence-electron chi connectivity index (χ3n) is 3.12. The number of nitrogens with one attached hydrogen (secondary N) is 2. The molecule has 0 fully saturated rings. The summed E-state index contributed by atoms with van der Waals surface area (Å²) in [5, 5.41) is 5.78. The van der Waals surface area contributed by atoms with Gasteiger partial charge in [0.15, 0.2) is 0 Å². The standard InChI is InChI=1S/C16H20FN5O/c1-11-20-14(10-15(21-11)22(2)3)18-8-9-19-16(23)12-6-4-5-7-13(12)17/h4-7,10H,8-9H2,1-3H3,(H,19,23)(H,18,20,21). The molecule has 0 aliphatic heterocycles. The van der Waals surface area contributed by atoms with Crippen LogP contribution in [0.4, 0.5) is 16.0 Å². The van der Waals surface area contributed by atoms with Crippen LogP contribution in [0.5, 0.6) is 0 Å². The minimum absolute atomic E-state index is 0.0419. The Labute approximate surface area is 134 Å². The highest BCUT2D eigenvalue weighted by atomic mass is 19.1. The molecular weight excluding hydrogens is 297 g/mol. The highest BCUT2D eigenvalue weighted by molar-refractivity contribution is 5.94. The van der Waals surface area contributed by atoms with Crippen molar-refractivity contribution in [3.8, 4) is 0 Å². The topological polar surface area (TPSA) is 70.2 Å². The summed E-state index contributed by atoms with van der Waals surface area (Å²) >= 11 is 0. The lowest BCUT2D eigenvalue weighted by Crippen LogP contribution is -2.29. The first kappa shape index (κ1) is 16.7. The van der Waals surface area contributed by atoms with Gasteiger partial charge in [-0.15, -0.1) is 0 Å². The van der Waals surface area contributed by atoms with Gasteiger partial charge in [0.25, 0.3) is 5.91 Å². The van der Waals surface area contributed by atoms with Crippen LogP contribution in [-0.4, -0.2) is 43.1 Å². The molecule has 0 saturated heterocycles. The number of amides is 1. The summed E-state index contributed by atoms with van der Waals surface area (Å²) in [5.41, 5.74) is 0.0419. The number of nitrogens with zero attached hydrogens (tertiary/aromatic N) is 3. The minimum atomic E-state index is -0.528. The zero-order valence-electron chi connectivity index (χ0n) is 13.4. The number of aryl methyl sites for hydroxylation is 1. The summed E-state index contributed by atoms with van der Waals surface area (Å²) in [4.78, 5) is 22.3. The monoisotopic (exact) mass is 317 g/mol. The molecule has 0 spiro atoms. The number of carbonyl (C=O) groups excluding carboxylic acids is 1. The Morgan fingerprint density at radius 1 is 1.22 bits per heavy atom. The molecule has 0 bridgehead atoms. The van der Waals surface area contributed by atoms with E-state index < -0.39 is 11.7 Å². The van der Waals surface area contributed by atoms with E-state index in [9.17, 15) is 9.18 Å². The van der Waals surface area contributed by atoms with Gasteiger partial charge in [-0.05, 0) is 19.1 Å². The third kappa shape index (κ3) is 4.64. The third-order valence-corrected chi connectivity index (χ3v) is 3.12. The summed E-state index contributed by atoms with van der Waals surface area (Å²) in [6.45, 7) is 2.65. The molecule has 1 aromatic heterocycles. The lowest BCUT2D eigenvalue weighted by Gasteiger charge is -2.14. The van der Waals surface area contributed by atoms with Crippen LogP contribution in [0.25, 0.3) is 0 Å². The molecule has 1 aromatic carbocycles. The van der Waals surface area contributed by atoms with Crippen molar-refractivity contribution in [1.82, 2.24) is 15.3 Å². The van der Waals surface area contributed by atoms with E-state index >= 15 is 0 Å². The molecule has 0 atom stereocenters. The SMILES string of the molecule is Cc1nc(NCCNC(=O)c2ccccc2F)cc(N(C)C)n1. The van der Waals surface area contributed by atoms with E-state index in [4.69, 9.17) is 0 Å². The van der Waals surface area contributed by atoms with Crippen molar-refractivity contribution < 1.29 is 9.18 Å². The van der Waals surface area contributed by atoms with Crippen molar-refractivity contribution in [3.63, 3.8) is 0 Å². The first-order chi connectivity index (χ1) is 11.0. The highest BCUT2D eigenvalue weighted by Gasteiger charge is 2.09. The van der Waals surface area contributed by atoms with E-state index in [1.165, 1.54) is 12.1 Å². The molecule has 0 saturated carbocycles. The van der Waals surface area contributed by atoms with Gasteiger partial charge in [-0.25, -0.2) is 14.4 Å². The van der Waals surface area contributed by atoms with Gasteiger partial charge in [0.2, 0.25) is 0 Å². The van der Waals surface area contributed by atoms with Crippen molar-refractivity contribution in [2.24, 2.45) is 0 Å². The fourth-order valence-corrected chi connectivity index (χ4v) is 1.98. The van der Waals surface area contributed by atoms with E-state index in [1.807, 2.05) is 32.0 Å². The molecule has 0 unspecified atom stereocenters. The fraction of sp³-hybridized carbons (Fsp3) is 0.312. The summed E-state index contributed by atoms with van der Waals surface area (Å²) in [6, 6.07) is 7.72. The van der Waals surface area contributed by atoms with Gasteiger partial charge in [0, 0.05) is 33.3 Å². The lowest BCUT2D eigenvalue weighted by molar-refractivity contribution is 0.0951. The molecule has 2 N–H and O–H groups in total. The molecule has 23 heavy (non-hydrogen) atoms. The van der Waals surface area contributed by atoms with Crippen LogP contribution in [0.1, 0.15) is 16.2 Å². The molecule has 122 valence electrons. The van der Waals surface area contributed by atoms with Gasteiger partial charge in [0.1, 0.15) is 23.3 Å². The molecule has 6 nitrogen and oxygen atoms in total. The number of anilines is 2. The van der Waals surface area contributed by atoms with Gasteiger partial charge >= 0.3 is 0 Å². The quantitative estimate of drug-likeness (QED) is 0.796. The second-order valence-electron chi connectivity index (χ2n) is 5.22. The van der Waals surface area contributed by atoms with Gasteiger partial charge in [-0.2, -0.15) is 0 Å². The van der Waals surface area contributed by atoms with Crippen molar-refractivity contribution in [2.45, 2.75) is 6.92 Å². The Morgan fingerprint density at radius 2 is 1.96 bits per heavy atom. The van der Waals surface area contributed by atoms with Crippen molar-refractivity contribution in [3.05, 3.63) is 47.5 Å². The summed E-state index contributed by atoms with van der Waals surface area (Å²) < 4.78 is 13.5. The number of hydrogen-bond acceptors (Lipinski definition) is 5. The average molecular weight is 317 g/mol.